The molecule has 11 heteroatoms. The summed E-state index contributed by atoms with van der Waals surface area (Å²) in [6.07, 6.45) is -4.95. The minimum absolute atomic E-state index is 0.0974. The molecule has 0 aliphatic carbocycles. The molecular formula is C12H16F3N3O4S. The standard InChI is InChI=1S/C12H16F3N3O4S/c1-3-6-22-10(20)18-11(12(13,14)15,8(19)21-4-2)17-9-16-5-7-23-9/h5,7H,3-4,6H2,1-2H3,(H,16,17)(H,18,20). The maximum absolute atomic E-state index is 13.6. The molecular weight excluding hydrogens is 339 g/mol. The first-order valence-corrected chi connectivity index (χ1v) is 7.51. The first-order chi connectivity index (χ1) is 10.8. The first kappa shape index (κ1) is 19.0. The van der Waals surface area contributed by atoms with Crippen molar-refractivity contribution in [3.63, 3.8) is 0 Å². The van der Waals surface area contributed by atoms with Crippen molar-refractivity contribution in [2.75, 3.05) is 18.5 Å². The van der Waals surface area contributed by atoms with Gasteiger partial charge in [0.05, 0.1) is 13.2 Å². The van der Waals surface area contributed by atoms with E-state index in [4.69, 9.17) is 0 Å². The van der Waals surface area contributed by atoms with Crippen LogP contribution in [-0.2, 0) is 14.3 Å². The Morgan fingerprint density at radius 3 is 2.48 bits per heavy atom. The zero-order valence-electron chi connectivity index (χ0n) is 12.4. The highest BCUT2D eigenvalue weighted by atomic mass is 32.1. The first-order valence-electron chi connectivity index (χ1n) is 6.63. The molecule has 1 atom stereocenters. The van der Waals surface area contributed by atoms with Crippen molar-refractivity contribution in [3.05, 3.63) is 11.6 Å². The van der Waals surface area contributed by atoms with Gasteiger partial charge in [-0.2, -0.15) is 13.2 Å². The second-order valence-electron chi connectivity index (χ2n) is 4.19. The molecule has 2 N–H and O–H groups in total. The maximum atomic E-state index is 13.6. The number of hydrogen-bond donors (Lipinski definition) is 2. The minimum Gasteiger partial charge on any atom is -0.463 e. The molecule has 1 heterocycles. The van der Waals surface area contributed by atoms with Gasteiger partial charge in [0.15, 0.2) is 5.13 Å². The van der Waals surface area contributed by atoms with E-state index in [-0.39, 0.29) is 18.3 Å². The number of carbonyl (C=O) groups excluding carboxylic acids is 2. The summed E-state index contributed by atoms with van der Waals surface area (Å²) in [6, 6.07) is 0. The smallest absolute Gasteiger partial charge is 0.442 e. The summed E-state index contributed by atoms with van der Waals surface area (Å²) in [5.41, 5.74) is -3.49. The van der Waals surface area contributed by atoms with Crippen molar-refractivity contribution in [1.29, 1.82) is 0 Å². The Bertz CT molecular complexity index is 524. The Labute approximate surface area is 134 Å². The number of alkyl carbamates (subject to hydrolysis) is 1. The fraction of sp³-hybridized carbons (Fsp3) is 0.583. The lowest BCUT2D eigenvalue weighted by Crippen LogP contribution is -2.69. The highest BCUT2D eigenvalue weighted by molar-refractivity contribution is 7.13. The Morgan fingerprint density at radius 1 is 1.30 bits per heavy atom. The lowest BCUT2D eigenvalue weighted by Gasteiger charge is -2.33. The van der Waals surface area contributed by atoms with Crippen LogP contribution in [0, 0.1) is 0 Å². The number of aromatic nitrogens is 1. The number of amides is 1. The summed E-state index contributed by atoms with van der Waals surface area (Å²) in [4.78, 5) is 27.2. The molecule has 0 aromatic carbocycles. The van der Waals surface area contributed by atoms with Crippen LogP contribution in [0.5, 0.6) is 0 Å². The number of nitrogens with zero attached hydrogens (tertiary/aromatic N) is 1. The third-order valence-electron chi connectivity index (χ3n) is 2.46. The van der Waals surface area contributed by atoms with Crippen molar-refractivity contribution in [2.24, 2.45) is 0 Å². The van der Waals surface area contributed by atoms with Crippen LogP contribution in [0.2, 0.25) is 0 Å². The Balaban J connectivity index is 3.17. The quantitative estimate of drug-likeness (QED) is 0.577. The number of ether oxygens (including phenoxy) is 2. The number of anilines is 1. The number of hydrogen-bond acceptors (Lipinski definition) is 7. The van der Waals surface area contributed by atoms with Crippen LogP contribution in [0.25, 0.3) is 0 Å². The van der Waals surface area contributed by atoms with E-state index in [9.17, 15) is 22.8 Å². The molecule has 1 unspecified atom stereocenters. The molecule has 23 heavy (non-hydrogen) atoms. The Hall–Kier alpha value is -2.04. The molecule has 1 aromatic rings. The van der Waals surface area contributed by atoms with Gasteiger partial charge in [0.2, 0.25) is 0 Å². The number of esters is 1. The molecule has 130 valence electrons. The number of carbonyl (C=O) groups is 2. The van der Waals surface area contributed by atoms with Crippen molar-refractivity contribution < 1.29 is 32.2 Å². The van der Waals surface area contributed by atoms with E-state index < -0.39 is 23.9 Å². The monoisotopic (exact) mass is 355 g/mol. The van der Waals surface area contributed by atoms with E-state index in [2.05, 4.69) is 14.5 Å². The maximum Gasteiger partial charge on any atom is 0.442 e. The average Bonchev–Trinajstić information content (AvgIpc) is 2.96. The van der Waals surface area contributed by atoms with E-state index in [1.54, 1.807) is 6.92 Å². The molecule has 0 spiro atoms. The van der Waals surface area contributed by atoms with Gasteiger partial charge in [-0.05, 0) is 13.3 Å². The van der Waals surface area contributed by atoms with Gasteiger partial charge in [-0.15, -0.1) is 11.3 Å². The third kappa shape index (κ3) is 4.71. The lowest BCUT2D eigenvalue weighted by molar-refractivity contribution is -0.205. The Morgan fingerprint density at radius 2 is 2.00 bits per heavy atom. The van der Waals surface area contributed by atoms with E-state index in [0.717, 1.165) is 11.3 Å². The molecule has 0 fully saturated rings. The second kappa shape index (κ2) is 7.99. The molecule has 7 nitrogen and oxygen atoms in total. The number of nitrogens with one attached hydrogen (secondary N) is 2. The van der Waals surface area contributed by atoms with Crippen LogP contribution >= 0.6 is 11.3 Å². The van der Waals surface area contributed by atoms with Gasteiger partial charge in [-0.1, -0.05) is 6.92 Å². The fourth-order valence-corrected chi connectivity index (χ4v) is 2.04. The topological polar surface area (TPSA) is 89.5 Å². The van der Waals surface area contributed by atoms with Crippen LogP contribution < -0.4 is 10.6 Å². The largest absolute Gasteiger partial charge is 0.463 e. The number of alkyl halides is 3. The normalized spacial score (nSPS) is 13.8. The fourth-order valence-electron chi connectivity index (χ4n) is 1.46. The van der Waals surface area contributed by atoms with Gasteiger partial charge < -0.3 is 14.8 Å². The van der Waals surface area contributed by atoms with Crippen molar-refractivity contribution >= 4 is 28.5 Å². The highest BCUT2D eigenvalue weighted by Gasteiger charge is 2.64. The third-order valence-corrected chi connectivity index (χ3v) is 3.15. The predicted molar refractivity (Wildman–Crippen MR) is 75.9 cm³/mol. The lowest BCUT2D eigenvalue weighted by atomic mass is 10.1. The molecule has 0 saturated heterocycles. The zero-order valence-corrected chi connectivity index (χ0v) is 13.2. The Kier molecular flexibility index (Phi) is 6.61. The summed E-state index contributed by atoms with van der Waals surface area (Å²) in [6.45, 7) is 2.61. The molecule has 0 aliphatic rings. The van der Waals surface area contributed by atoms with E-state index in [0.29, 0.717) is 6.42 Å². The SMILES string of the molecule is CCCOC(=O)NC(Nc1nccs1)(C(=O)OCC)C(F)(F)F. The summed E-state index contributed by atoms with van der Waals surface area (Å²) in [5.74, 6) is -1.71. The second-order valence-corrected chi connectivity index (χ2v) is 5.09. The molecule has 1 rings (SSSR count). The molecule has 0 aliphatic heterocycles. The number of rotatable bonds is 7. The van der Waals surface area contributed by atoms with Crippen molar-refractivity contribution in [1.82, 2.24) is 10.3 Å². The van der Waals surface area contributed by atoms with E-state index in [1.165, 1.54) is 23.8 Å². The van der Waals surface area contributed by atoms with Crippen LogP contribution in [0.15, 0.2) is 11.6 Å². The van der Waals surface area contributed by atoms with Crippen LogP contribution in [0.1, 0.15) is 20.3 Å². The van der Waals surface area contributed by atoms with Crippen molar-refractivity contribution in [3.8, 4) is 0 Å². The van der Waals surface area contributed by atoms with Crippen LogP contribution in [0.4, 0.5) is 23.1 Å². The zero-order chi connectivity index (χ0) is 17.5. The molecule has 1 amide bonds. The molecule has 0 saturated carbocycles. The van der Waals surface area contributed by atoms with E-state index in [1.807, 2.05) is 5.32 Å². The van der Waals surface area contributed by atoms with E-state index >= 15 is 0 Å². The highest BCUT2D eigenvalue weighted by Crippen LogP contribution is 2.33. The number of thiazole rings is 1. The van der Waals surface area contributed by atoms with Gasteiger partial charge in [-0.3, -0.25) is 5.32 Å². The minimum atomic E-state index is -5.20. The predicted octanol–water partition coefficient (Wildman–Crippen LogP) is 2.51. The van der Waals surface area contributed by atoms with Crippen LogP contribution in [-0.4, -0.2) is 42.1 Å². The van der Waals surface area contributed by atoms with Gasteiger partial charge in [-0.25, -0.2) is 14.6 Å². The summed E-state index contributed by atoms with van der Waals surface area (Å²) < 4.78 is 49.7. The van der Waals surface area contributed by atoms with Gasteiger partial charge in [0.1, 0.15) is 0 Å². The molecule has 1 aromatic heterocycles. The molecule has 0 bridgehead atoms. The average molecular weight is 355 g/mol. The summed E-state index contributed by atoms with van der Waals surface area (Å²) in [7, 11) is 0. The van der Waals surface area contributed by atoms with Gasteiger partial charge >= 0.3 is 23.9 Å². The number of halogens is 3. The molecule has 0 radical (unpaired) electrons. The summed E-state index contributed by atoms with van der Waals surface area (Å²) >= 11 is 0.824. The van der Waals surface area contributed by atoms with Gasteiger partial charge in [0.25, 0.3) is 0 Å². The summed E-state index contributed by atoms with van der Waals surface area (Å²) in [5, 5.41) is 4.61. The van der Waals surface area contributed by atoms with Gasteiger partial charge in [0, 0.05) is 11.6 Å². The van der Waals surface area contributed by atoms with Crippen LogP contribution in [0.3, 0.4) is 0 Å². The van der Waals surface area contributed by atoms with Crippen molar-refractivity contribution in [2.45, 2.75) is 32.1 Å².